The molecule has 2 fully saturated rings. The first kappa shape index (κ1) is 12.9. The van der Waals surface area contributed by atoms with Gasteiger partial charge in [0.2, 0.25) is 0 Å². The standard InChI is InChI=1S/C14H25NO2/c1-3-10-5-4-6-12(9-10)17-13(16)14(2,15)11-7-8-11/h10-12H,3-9,15H2,1-2H3. The molecule has 3 nitrogen and oxygen atoms in total. The molecule has 3 unspecified atom stereocenters. The van der Waals surface area contributed by atoms with Gasteiger partial charge in [-0.2, -0.15) is 0 Å². The minimum Gasteiger partial charge on any atom is -0.461 e. The van der Waals surface area contributed by atoms with Crippen molar-refractivity contribution in [1.82, 2.24) is 0 Å². The minimum atomic E-state index is -0.751. The molecule has 3 heteroatoms. The molecule has 17 heavy (non-hydrogen) atoms. The van der Waals surface area contributed by atoms with Gasteiger partial charge in [-0.25, -0.2) is 0 Å². The summed E-state index contributed by atoms with van der Waals surface area (Å²) >= 11 is 0. The summed E-state index contributed by atoms with van der Waals surface area (Å²) in [5.74, 6) is 0.897. The molecule has 2 rings (SSSR count). The van der Waals surface area contributed by atoms with Gasteiger partial charge < -0.3 is 10.5 Å². The molecule has 98 valence electrons. The van der Waals surface area contributed by atoms with Gasteiger partial charge >= 0.3 is 5.97 Å². The van der Waals surface area contributed by atoms with Crippen LogP contribution in [0.1, 0.15) is 58.8 Å². The highest BCUT2D eigenvalue weighted by Crippen LogP contribution is 2.39. The van der Waals surface area contributed by atoms with Gasteiger partial charge in [-0.3, -0.25) is 4.79 Å². The van der Waals surface area contributed by atoms with E-state index in [4.69, 9.17) is 10.5 Å². The van der Waals surface area contributed by atoms with Crippen molar-refractivity contribution in [2.24, 2.45) is 17.6 Å². The van der Waals surface area contributed by atoms with E-state index in [1.165, 1.54) is 19.3 Å². The van der Waals surface area contributed by atoms with E-state index < -0.39 is 5.54 Å². The van der Waals surface area contributed by atoms with Crippen molar-refractivity contribution in [3.8, 4) is 0 Å². The summed E-state index contributed by atoms with van der Waals surface area (Å²) in [5, 5.41) is 0. The van der Waals surface area contributed by atoms with Crippen LogP contribution >= 0.6 is 0 Å². The maximum atomic E-state index is 12.1. The first-order chi connectivity index (χ1) is 8.04. The molecule has 2 N–H and O–H groups in total. The normalized spacial score (nSPS) is 32.9. The van der Waals surface area contributed by atoms with Crippen molar-refractivity contribution in [1.29, 1.82) is 0 Å². The Balaban J connectivity index is 1.85. The third kappa shape index (κ3) is 3.01. The fourth-order valence-electron chi connectivity index (χ4n) is 2.85. The molecular weight excluding hydrogens is 214 g/mol. The van der Waals surface area contributed by atoms with E-state index in [0.29, 0.717) is 5.92 Å². The second-order valence-corrected chi connectivity index (χ2v) is 6.03. The number of carbonyl (C=O) groups is 1. The largest absolute Gasteiger partial charge is 0.461 e. The lowest BCUT2D eigenvalue weighted by Gasteiger charge is -2.31. The zero-order valence-electron chi connectivity index (χ0n) is 11.1. The summed E-state index contributed by atoms with van der Waals surface area (Å²) in [7, 11) is 0. The summed E-state index contributed by atoms with van der Waals surface area (Å²) in [6.45, 7) is 4.04. The predicted molar refractivity (Wildman–Crippen MR) is 67.4 cm³/mol. The predicted octanol–water partition coefficient (Wildman–Crippen LogP) is 2.63. The number of rotatable bonds is 4. The van der Waals surface area contributed by atoms with Crippen LogP contribution in [0.3, 0.4) is 0 Å². The monoisotopic (exact) mass is 239 g/mol. The molecule has 0 aromatic rings. The van der Waals surface area contributed by atoms with Crippen LogP contribution in [0.2, 0.25) is 0 Å². The molecule has 0 radical (unpaired) electrons. The van der Waals surface area contributed by atoms with Gasteiger partial charge in [0.25, 0.3) is 0 Å². The number of hydrogen-bond acceptors (Lipinski definition) is 3. The van der Waals surface area contributed by atoms with Crippen molar-refractivity contribution >= 4 is 5.97 Å². The maximum Gasteiger partial charge on any atom is 0.326 e. The average molecular weight is 239 g/mol. The summed E-state index contributed by atoms with van der Waals surface area (Å²) < 4.78 is 5.63. The second kappa shape index (κ2) is 4.97. The Morgan fingerprint density at radius 2 is 2.06 bits per heavy atom. The van der Waals surface area contributed by atoms with Crippen LogP contribution in [-0.2, 0) is 9.53 Å². The SMILES string of the molecule is CCC1CCCC(OC(=O)C(C)(N)C2CC2)C1. The Hall–Kier alpha value is -0.570. The zero-order chi connectivity index (χ0) is 12.5. The summed E-state index contributed by atoms with van der Waals surface area (Å²) in [4.78, 5) is 12.1. The molecule has 0 aliphatic heterocycles. The topological polar surface area (TPSA) is 52.3 Å². The fraction of sp³-hybridized carbons (Fsp3) is 0.929. The van der Waals surface area contributed by atoms with Crippen molar-refractivity contribution < 1.29 is 9.53 Å². The Morgan fingerprint density at radius 3 is 2.65 bits per heavy atom. The lowest BCUT2D eigenvalue weighted by molar-refractivity contribution is -0.158. The smallest absolute Gasteiger partial charge is 0.326 e. The van der Waals surface area contributed by atoms with E-state index in [0.717, 1.165) is 31.6 Å². The molecule has 0 aromatic carbocycles. The third-order valence-corrected chi connectivity index (χ3v) is 4.45. The average Bonchev–Trinajstić information content (AvgIpc) is 3.13. The van der Waals surface area contributed by atoms with E-state index in [1.54, 1.807) is 0 Å². The van der Waals surface area contributed by atoms with Gasteiger partial charge in [-0.15, -0.1) is 0 Å². The van der Waals surface area contributed by atoms with E-state index in [2.05, 4.69) is 6.92 Å². The number of nitrogens with two attached hydrogens (primary N) is 1. The van der Waals surface area contributed by atoms with Gasteiger partial charge in [0, 0.05) is 0 Å². The molecule has 0 heterocycles. The molecule has 2 saturated carbocycles. The zero-order valence-corrected chi connectivity index (χ0v) is 11.1. The second-order valence-electron chi connectivity index (χ2n) is 6.03. The van der Waals surface area contributed by atoms with Crippen LogP contribution in [0.15, 0.2) is 0 Å². The van der Waals surface area contributed by atoms with Crippen LogP contribution in [0, 0.1) is 11.8 Å². The van der Waals surface area contributed by atoms with Crippen LogP contribution in [0.4, 0.5) is 0 Å². The lowest BCUT2D eigenvalue weighted by atomic mass is 9.85. The van der Waals surface area contributed by atoms with E-state index in [9.17, 15) is 4.79 Å². The first-order valence-corrected chi connectivity index (χ1v) is 7.04. The van der Waals surface area contributed by atoms with Crippen LogP contribution in [-0.4, -0.2) is 17.6 Å². The Bertz CT molecular complexity index is 284. The number of carbonyl (C=O) groups excluding carboxylic acids is 1. The molecule has 2 aliphatic rings. The van der Waals surface area contributed by atoms with Crippen molar-refractivity contribution in [2.45, 2.75) is 70.4 Å². The summed E-state index contributed by atoms with van der Waals surface area (Å²) in [6.07, 6.45) is 7.97. The fourth-order valence-corrected chi connectivity index (χ4v) is 2.85. The van der Waals surface area contributed by atoms with E-state index in [1.807, 2.05) is 6.92 Å². The molecular formula is C14H25NO2. The summed E-state index contributed by atoms with van der Waals surface area (Å²) in [6, 6.07) is 0. The highest BCUT2D eigenvalue weighted by molar-refractivity contribution is 5.81. The Morgan fingerprint density at radius 1 is 1.35 bits per heavy atom. The molecule has 0 bridgehead atoms. The Kier molecular flexibility index (Phi) is 3.76. The Labute approximate surface area is 104 Å². The summed E-state index contributed by atoms with van der Waals surface area (Å²) in [5.41, 5.74) is 5.32. The van der Waals surface area contributed by atoms with Crippen LogP contribution in [0.25, 0.3) is 0 Å². The third-order valence-electron chi connectivity index (χ3n) is 4.45. The van der Waals surface area contributed by atoms with Gasteiger partial charge in [0.15, 0.2) is 0 Å². The molecule has 0 aromatic heterocycles. The van der Waals surface area contributed by atoms with Gasteiger partial charge in [-0.05, 0) is 50.9 Å². The van der Waals surface area contributed by atoms with Crippen molar-refractivity contribution in [3.63, 3.8) is 0 Å². The molecule has 0 saturated heterocycles. The highest BCUT2D eigenvalue weighted by atomic mass is 16.5. The van der Waals surface area contributed by atoms with Crippen LogP contribution < -0.4 is 5.73 Å². The number of ether oxygens (including phenoxy) is 1. The highest BCUT2D eigenvalue weighted by Gasteiger charge is 2.46. The maximum absolute atomic E-state index is 12.1. The van der Waals surface area contributed by atoms with Gasteiger partial charge in [0.1, 0.15) is 11.6 Å². The number of hydrogen-bond donors (Lipinski definition) is 1. The quantitative estimate of drug-likeness (QED) is 0.767. The minimum absolute atomic E-state index is 0.114. The molecule has 3 atom stereocenters. The van der Waals surface area contributed by atoms with Crippen LogP contribution in [0.5, 0.6) is 0 Å². The first-order valence-electron chi connectivity index (χ1n) is 7.04. The van der Waals surface area contributed by atoms with Crippen molar-refractivity contribution in [3.05, 3.63) is 0 Å². The molecule has 0 spiro atoms. The lowest BCUT2D eigenvalue weighted by Crippen LogP contribution is -2.49. The number of esters is 1. The van der Waals surface area contributed by atoms with E-state index in [-0.39, 0.29) is 12.1 Å². The van der Waals surface area contributed by atoms with Gasteiger partial charge in [-0.1, -0.05) is 19.8 Å². The van der Waals surface area contributed by atoms with E-state index >= 15 is 0 Å². The van der Waals surface area contributed by atoms with Crippen molar-refractivity contribution in [2.75, 3.05) is 0 Å². The molecule has 0 amide bonds. The van der Waals surface area contributed by atoms with Gasteiger partial charge in [0.05, 0.1) is 0 Å². The molecule has 2 aliphatic carbocycles.